The second-order valence-corrected chi connectivity index (χ2v) is 4.36. The van der Waals surface area contributed by atoms with E-state index in [9.17, 15) is 14.4 Å². The number of nitrogens with one attached hydrogen (secondary N) is 2. The highest BCUT2D eigenvalue weighted by molar-refractivity contribution is 5.96. The summed E-state index contributed by atoms with van der Waals surface area (Å²) in [4.78, 5) is 35.9. The predicted octanol–water partition coefficient (Wildman–Crippen LogP) is 0.103. The third-order valence-electron chi connectivity index (χ3n) is 2.83. The summed E-state index contributed by atoms with van der Waals surface area (Å²) in [6.45, 7) is 1.60. The zero-order valence-electron chi connectivity index (χ0n) is 10.6. The standard InChI is InChI=1S/C13H15N3O3/c1-9(17)14-6-13(19)16-7-10-4-2-3-5-11(10)15-12(18)8-16/h2-5H,6-8H2,1H3,(H,14,17)(H,15,18). The van der Waals surface area contributed by atoms with Crippen molar-refractivity contribution in [2.45, 2.75) is 13.5 Å². The second-order valence-electron chi connectivity index (χ2n) is 4.36. The summed E-state index contributed by atoms with van der Waals surface area (Å²) in [6.07, 6.45) is 0. The van der Waals surface area contributed by atoms with Crippen LogP contribution in [0.4, 0.5) is 5.69 Å². The molecule has 0 unspecified atom stereocenters. The van der Waals surface area contributed by atoms with Gasteiger partial charge in [0.05, 0.1) is 6.54 Å². The summed E-state index contributed by atoms with van der Waals surface area (Å²) in [7, 11) is 0. The topological polar surface area (TPSA) is 78.5 Å². The van der Waals surface area contributed by atoms with Crippen LogP contribution in [0, 0.1) is 0 Å². The fourth-order valence-corrected chi connectivity index (χ4v) is 1.89. The Balaban J connectivity index is 2.12. The molecule has 2 N–H and O–H groups in total. The summed E-state index contributed by atoms with van der Waals surface area (Å²) in [5.74, 6) is -0.781. The maximum absolute atomic E-state index is 11.9. The molecule has 1 aromatic rings. The Morgan fingerprint density at radius 1 is 1.32 bits per heavy atom. The van der Waals surface area contributed by atoms with Gasteiger partial charge in [-0.1, -0.05) is 18.2 Å². The molecule has 1 aliphatic heterocycles. The first kappa shape index (κ1) is 13.1. The van der Waals surface area contributed by atoms with E-state index in [0.717, 1.165) is 11.3 Å². The van der Waals surface area contributed by atoms with E-state index in [1.54, 1.807) is 6.07 Å². The van der Waals surface area contributed by atoms with Gasteiger partial charge in [0, 0.05) is 19.2 Å². The van der Waals surface area contributed by atoms with Gasteiger partial charge >= 0.3 is 0 Å². The first-order chi connectivity index (χ1) is 9.06. The fourth-order valence-electron chi connectivity index (χ4n) is 1.89. The molecule has 0 atom stereocenters. The van der Waals surface area contributed by atoms with Crippen LogP contribution in [0.2, 0.25) is 0 Å². The molecule has 1 heterocycles. The van der Waals surface area contributed by atoms with Gasteiger partial charge in [-0.3, -0.25) is 14.4 Å². The third kappa shape index (κ3) is 3.31. The molecule has 0 saturated heterocycles. The second kappa shape index (κ2) is 5.51. The molecule has 1 aromatic carbocycles. The van der Waals surface area contributed by atoms with Gasteiger partial charge in [0.2, 0.25) is 17.7 Å². The Labute approximate surface area is 110 Å². The minimum absolute atomic E-state index is 0.00685. The lowest BCUT2D eigenvalue weighted by molar-refractivity contribution is -0.135. The maximum atomic E-state index is 11.9. The van der Waals surface area contributed by atoms with Crippen LogP contribution in [0.15, 0.2) is 24.3 Å². The van der Waals surface area contributed by atoms with Gasteiger partial charge in [-0.15, -0.1) is 0 Å². The molecule has 0 fully saturated rings. The van der Waals surface area contributed by atoms with Crippen LogP contribution in [-0.2, 0) is 20.9 Å². The summed E-state index contributed by atoms with van der Waals surface area (Å²) in [6, 6.07) is 7.34. The minimum Gasteiger partial charge on any atom is -0.347 e. The molecular formula is C13H15N3O3. The zero-order chi connectivity index (χ0) is 13.8. The normalized spacial score (nSPS) is 14.2. The van der Waals surface area contributed by atoms with Crippen molar-refractivity contribution in [2.24, 2.45) is 0 Å². The fraction of sp³-hybridized carbons (Fsp3) is 0.308. The van der Waals surface area contributed by atoms with Crippen molar-refractivity contribution in [3.05, 3.63) is 29.8 Å². The molecule has 19 heavy (non-hydrogen) atoms. The van der Waals surface area contributed by atoms with Gasteiger partial charge < -0.3 is 15.5 Å². The van der Waals surface area contributed by atoms with Crippen LogP contribution in [0.1, 0.15) is 12.5 Å². The van der Waals surface area contributed by atoms with E-state index >= 15 is 0 Å². The summed E-state index contributed by atoms with van der Waals surface area (Å²) in [5, 5.41) is 5.19. The van der Waals surface area contributed by atoms with Gasteiger partial charge in [-0.2, -0.15) is 0 Å². The maximum Gasteiger partial charge on any atom is 0.244 e. The van der Waals surface area contributed by atoms with Crippen molar-refractivity contribution >= 4 is 23.4 Å². The van der Waals surface area contributed by atoms with Crippen LogP contribution in [0.25, 0.3) is 0 Å². The van der Waals surface area contributed by atoms with E-state index < -0.39 is 0 Å². The molecule has 2 rings (SSSR count). The van der Waals surface area contributed by atoms with Crippen molar-refractivity contribution in [1.29, 1.82) is 0 Å². The number of benzene rings is 1. The Morgan fingerprint density at radius 2 is 2.05 bits per heavy atom. The molecule has 0 radical (unpaired) electrons. The van der Waals surface area contributed by atoms with Gasteiger partial charge in [0.15, 0.2) is 0 Å². The van der Waals surface area contributed by atoms with Crippen molar-refractivity contribution in [3.63, 3.8) is 0 Å². The molecule has 3 amide bonds. The quantitative estimate of drug-likeness (QED) is 0.792. The number of para-hydroxylation sites is 1. The third-order valence-corrected chi connectivity index (χ3v) is 2.83. The number of rotatable bonds is 2. The largest absolute Gasteiger partial charge is 0.347 e. The predicted molar refractivity (Wildman–Crippen MR) is 69.2 cm³/mol. The lowest BCUT2D eigenvalue weighted by atomic mass is 10.1. The van der Waals surface area contributed by atoms with E-state index in [1.807, 2.05) is 18.2 Å². The summed E-state index contributed by atoms with van der Waals surface area (Å²) in [5.41, 5.74) is 1.60. The SMILES string of the molecule is CC(=O)NCC(=O)N1CC(=O)Nc2ccccc2C1. The molecule has 1 aliphatic rings. The average Bonchev–Trinajstić information content (AvgIpc) is 2.53. The van der Waals surface area contributed by atoms with Crippen molar-refractivity contribution in [1.82, 2.24) is 10.2 Å². The van der Waals surface area contributed by atoms with Gasteiger partial charge in [-0.05, 0) is 11.6 Å². The number of hydrogen-bond donors (Lipinski definition) is 2. The van der Waals surface area contributed by atoms with Crippen LogP contribution in [0.3, 0.4) is 0 Å². The van der Waals surface area contributed by atoms with E-state index in [0.29, 0.717) is 6.54 Å². The van der Waals surface area contributed by atoms with Gasteiger partial charge in [-0.25, -0.2) is 0 Å². The number of carbonyl (C=O) groups excluding carboxylic acids is 3. The zero-order valence-corrected chi connectivity index (χ0v) is 10.6. The van der Waals surface area contributed by atoms with E-state index in [-0.39, 0.29) is 30.8 Å². The average molecular weight is 261 g/mol. The molecule has 6 nitrogen and oxygen atoms in total. The van der Waals surface area contributed by atoms with E-state index in [2.05, 4.69) is 10.6 Å². The molecular weight excluding hydrogens is 246 g/mol. The first-order valence-corrected chi connectivity index (χ1v) is 5.96. The monoisotopic (exact) mass is 261 g/mol. The Hall–Kier alpha value is -2.37. The highest BCUT2D eigenvalue weighted by atomic mass is 16.2. The molecule has 0 bridgehead atoms. The summed E-state index contributed by atoms with van der Waals surface area (Å²) < 4.78 is 0. The molecule has 0 aliphatic carbocycles. The molecule has 0 aromatic heterocycles. The Morgan fingerprint density at radius 3 is 2.79 bits per heavy atom. The smallest absolute Gasteiger partial charge is 0.244 e. The van der Waals surface area contributed by atoms with E-state index in [4.69, 9.17) is 0 Å². The Kier molecular flexibility index (Phi) is 3.79. The number of anilines is 1. The van der Waals surface area contributed by atoms with Gasteiger partial charge in [0.1, 0.15) is 6.54 Å². The number of fused-ring (bicyclic) bond motifs is 1. The van der Waals surface area contributed by atoms with Crippen molar-refractivity contribution < 1.29 is 14.4 Å². The number of hydrogen-bond acceptors (Lipinski definition) is 3. The minimum atomic E-state index is -0.276. The van der Waals surface area contributed by atoms with Crippen LogP contribution < -0.4 is 10.6 Å². The van der Waals surface area contributed by atoms with Crippen LogP contribution in [-0.4, -0.2) is 35.7 Å². The number of nitrogens with zero attached hydrogens (tertiary/aromatic N) is 1. The van der Waals surface area contributed by atoms with Crippen LogP contribution in [0.5, 0.6) is 0 Å². The highest BCUT2D eigenvalue weighted by Gasteiger charge is 2.22. The van der Waals surface area contributed by atoms with Crippen LogP contribution >= 0.6 is 0 Å². The van der Waals surface area contributed by atoms with Crippen molar-refractivity contribution in [2.75, 3.05) is 18.4 Å². The molecule has 100 valence electrons. The highest BCUT2D eigenvalue weighted by Crippen LogP contribution is 2.19. The number of amides is 3. The lowest BCUT2D eigenvalue weighted by Gasteiger charge is -2.19. The van der Waals surface area contributed by atoms with Crippen molar-refractivity contribution in [3.8, 4) is 0 Å². The molecule has 0 saturated carbocycles. The molecule has 6 heteroatoms. The Bertz CT molecular complexity index is 528. The molecule has 0 spiro atoms. The lowest BCUT2D eigenvalue weighted by Crippen LogP contribution is -2.41. The van der Waals surface area contributed by atoms with E-state index in [1.165, 1.54) is 11.8 Å². The number of carbonyl (C=O) groups is 3. The first-order valence-electron chi connectivity index (χ1n) is 5.96. The van der Waals surface area contributed by atoms with Gasteiger partial charge in [0.25, 0.3) is 0 Å². The summed E-state index contributed by atoms with van der Waals surface area (Å²) >= 11 is 0.